The summed E-state index contributed by atoms with van der Waals surface area (Å²) in [5, 5.41) is 12.0. The van der Waals surface area contributed by atoms with E-state index in [0.717, 1.165) is 22.3 Å². The summed E-state index contributed by atoms with van der Waals surface area (Å²) < 4.78 is 18.0. The molecule has 0 saturated heterocycles. The minimum atomic E-state index is -4.03. The van der Waals surface area contributed by atoms with Gasteiger partial charge in [0.2, 0.25) is 7.37 Å². The second-order valence-corrected chi connectivity index (χ2v) is 10.8. The average Bonchev–Trinajstić information content (AvgIpc) is 2.84. The standard InChI is InChI=1S/C26H28NO6P/c1-19(27-26(30)33-17-21-8-4-2-5-9-21)34(31,32)18-24(25(28)29)16-20-12-14-23(15-13-20)22-10-6-3-7-11-22/h2-15,19,24H,16-18H2,1H3,(H,27,30)(H,28,29)(H,31,32)/t19-,24?/m1/s1. The van der Waals surface area contributed by atoms with Crippen LogP contribution in [0.2, 0.25) is 0 Å². The zero-order valence-corrected chi connectivity index (χ0v) is 19.7. The Hall–Kier alpha value is -3.41. The van der Waals surface area contributed by atoms with E-state index in [-0.39, 0.29) is 13.0 Å². The molecule has 0 bridgehead atoms. The molecule has 0 aliphatic rings. The van der Waals surface area contributed by atoms with Crippen molar-refractivity contribution in [3.05, 3.63) is 96.1 Å². The molecule has 34 heavy (non-hydrogen) atoms. The number of nitrogens with one attached hydrogen (secondary N) is 1. The van der Waals surface area contributed by atoms with Gasteiger partial charge >= 0.3 is 12.1 Å². The van der Waals surface area contributed by atoms with Gasteiger partial charge in [-0.1, -0.05) is 84.9 Å². The number of alkyl carbamates (subject to hydrolysis) is 1. The molecule has 0 aliphatic heterocycles. The lowest BCUT2D eigenvalue weighted by Gasteiger charge is -2.23. The number of carboxylic acid groups (broad SMARTS) is 1. The van der Waals surface area contributed by atoms with Gasteiger partial charge in [-0.2, -0.15) is 0 Å². The highest BCUT2D eigenvalue weighted by Crippen LogP contribution is 2.47. The van der Waals surface area contributed by atoms with Crippen LogP contribution in [0.15, 0.2) is 84.9 Å². The third-order valence-electron chi connectivity index (χ3n) is 5.52. The van der Waals surface area contributed by atoms with Crippen LogP contribution in [-0.2, 0) is 27.1 Å². The van der Waals surface area contributed by atoms with Gasteiger partial charge in [-0.05, 0) is 35.6 Å². The molecule has 1 amide bonds. The molecule has 3 atom stereocenters. The Morgan fingerprint density at radius 2 is 1.44 bits per heavy atom. The van der Waals surface area contributed by atoms with Gasteiger partial charge in [0.05, 0.1) is 5.92 Å². The molecule has 3 N–H and O–H groups in total. The summed E-state index contributed by atoms with van der Waals surface area (Å²) in [6.45, 7) is 1.39. The van der Waals surface area contributed by atoms with E-state index in [1.165, 1.54) is 6.92 Å². The van der Waals surface area contributed by atoms with Crippen LogP contribution in [0.4, 0.5) is 4.79 Å². The monoisotopic (exact) mass is 481 g/mol. The molecule has 0 aromatic heterocycles. The predicted octanol–water partition coefficient (Wildman–Crippen LogP) is 5.14. The van der Waals surface area contributed by atoms with Crippen molar-refractivity contribution in [1.29, 1.82) is 0 Å². The molecule has 2 unspecified atom stereocenters. The van der Waals surface area contributed by atoms with E-state index in [1.54, 1.807) is 12.1 Å². The van der Waals surface area contributed by atoms with E-state index >= 15 is 0 Å². The highest BCUT2D eigenvalue weighted by Gasteiger charge is 2.35. The fourth-order valence-corrected chi connectivity index (χ4v) is 5.03. The summed E-state index contributed by atoms with van der Waals surface area (Å²) in [6, 6.07) is 26.2. The number of hydrogen-bond acceptors (Lipinski definition) is 4. The Morgan fingerprint density at radius 1 is 0.882 bits per heavy atom. The molecule has 8 heteroatoms. The van der Waals surface area contributed by atoms with Crippen LogP contribution >= 0.6 is 7.37 Å². The first kappa shape index (κ1) is 25.2. The van der Waals surface area contributed by atoms with E-state index in [4.69, 9.17) is 4.74 Å². The molecule has 3 aromatic carbocycles. The SMILES string of the molecule is C[C@H](NC(=O)OCc1ccccc1)P(=O)(O)CC(Cc1ccc(-c2ccccc2)cc1)C(=O)O. The lowest BCUT2D eigenvalue weighted by atomic mass is 9.98. The number of amides is 1. The number of carbonyl (C=O) groups excluding carboxylic acids is 1. The van der Waals surface area contributed by atoms with Crippen LogP contribution in [0.5, 0.6) is 0 Å². The van der Waals surface area contributed by atoms with Crippen LogP contribution in [0.25, 0.3) is 11.1 Å². The molecule has 3 rings (SSSR count). The highest BCUT2D eigenvalue weighted by atomic mass is 31.2. The number of hydrogen-bond donors (Lipinski definition) is 3. The molecule has 7 nitrogen and oxygen atoms in total. The molecule has 0 heterocycles. The molecule has 0 radical (unpaired) electrons. The largest absolute Gasteiger partial charge is 0.481 e. The number of benzene rings is 3. The Morgan fingerprint density at radius 3 is 2.03 bits per heavy atom. The van der Waals surface area contributed by atoms with Gasteiger partial charge in [-0.25, -0.2) is 4.79 Å². The predicted molar refractivity (Wildman–Crippen MR) is 131 cm³/mol. The van der Waals surface area contributed by atoms with Gasteiger partial charge in [-0.3, -0.25) is 9.36 Å². The van der Waals surface area contributed by atoms with Crippen molar-refractivity contribution in [2.24, 2.45) is 5.92 Å². The van der Waals surface area contributed by atoms with Crippen LogP contribution in [-0.4, -0.2) is 34.0 Å². The van der Waals surface area contributed by atoms with Gasteiger partial charge < -0.3 is 20.1 Å². The van der Waals surface area contributed by atoms with Crippen LogP contribution in [0.3, 0.4) is 0 Å². The topological polar surface area (TPSA) is 113 Å². The van der Waals surface area contributed by atoms with E-state index in [1.807, 2.05) is 72.8 Å². The third-order valence-corrected chi connectivity index (χ3v) is 7.82. The van der Waals surface area contributed by atoms with E-state index in [9.17, 15) is 24.2 Å². The molecular formula is C26H28NO6P. The van der Waals surface area contributed by atoms with Crippen molar-refractivity contribution in [3.63, 3.8) is 0 Å². The zero-order chi connectivity index (χ0) is 24.6. The number of carbonyl (C=O) groups is 2. The van der Waals surface area contributed by atoms with E-state index in [0.29, 0.717) is 0 Å². The fourth-order valence-electron chi connectivity index (χ4n) is 3.49. The smallest absolute Gasteiger partial charge is 0.408 e. The highest BCUT2D eigenvalue weighted by molar-refractivity contribution is 7.58. The normalized spacial score (nSPS) is 14.4. The number of aliphatic carboxylic acids is 1. The van der Waals surface area contributed by atoms with Gasteiger partial charge in [0.25, 0.3) is 0 Å². The van der Waals surface area contributed by atoms with Crippen molar-refractivity contribution in [1.82, 2.24) is 5.32 Å². The van der Waals surface area contributed by atoms with Crippen molar-refractivity contribution < 1.29 is 28.9 Å². The summed E-state index contributed by atoms with van der Waals surface area (Å²) >= 11 is 0. The average molecular weight is 481 g/mol. The Bertz CT molecular complexity index is 1130. The summed E-state index contributed by atoms with van der Waals surface area (Å²) in [6.07, 6.45) is -1.21. The quantitative estimate of drug-likeness (QED) is 0.346. The molecular weight excluding hydrogens is 453 g/mol. The van der Waals surface area contributed by atoms with Gasteiger partial charge in [0.1, 0.15) is 12.4 Å². The third kappa shape index (κ3) is 7.30. The van der Waals surface area contributed by atoms with Crippen molar-refractivity contribution in [2.75, 3.05) is 6.16 Å². The van der Waals surface area contributed by atoms with Gasteiger partial charge in [0, 0.05) is 6.16 Å². The second kappa shape index (κ2) is 11.6. The summed E-state index contributed by atoms with van der Waals surface area (Å²) in [5.74, 6) is -3.40. The minimum Gasteiger partial charge on any atom is -0.481 e. The zero-order valence-electron chi connectivity index (χ0n) is 18.8. The van der Waals surface area contributed by atoms with Gasteiger partial charge in [-0.15, -0.1) is 0 Å². The van der Waals surface area contributed by atoms with Crippen LogP contribution in [0.1, 0.15) is 18.1 Å². The molecule has 178 valence electrons. The lowest BCUT2D eigenvalue weighted by Crippen LogP contribution is -2.35. The molecule has 0 spiro atoms. The minimum absolute atomic E-state index is 0.0197. The maximum atomic E-state index is 12.9. The number of carboxylic acids is 1. The number of rotatable bonds is 10. The Labute approximate surface area is 198 Å². The molecule has 0 fully saturated rings. The summed E-state index contributed by atoms with van der Waals surface area (Å²) in [5.41, 5.74) is 3.57. The van der Waals surface area contributed by atoms with Crippen molar-refractivity contribution in [2.45, 2.75) is 25.7 Å². The first-order chi connectivity index (χ1) is 16.2. The Balaban J connectivity index is 1.58. The van der Waals surface area contributed by atoms with E-state index in [2.05, 4.69) is 5.32 Å². The van der Waals surface area contributed by atoms with Crippen molar-refractivity contribution in [3.8, 4) is 11.1 Å². The lowest BCUT2D eigenvalue weighted by molar-refractivity contribution is -0.141. The van der Waals surface area contributed by atoms with Gasteiger partial charge in [0.15, 0.2) is 0 Å². The molecule has 0 aliphatic carbocycles. The number of ether oxygens (including phenoxy) is 1. The maximum Gasteiger partial charge on any atom is 0.408 e. The first-order valence-corrected chi connectivity index (χ1v) is 12.8. The van der Waals surface area contributed by atoms with Crippen LogP contribution in [0, 0.1) is 5.92 Å². The molecule has 3 aromatic rings. The fraction of sp³-hybridized carbons (Fsp3) is 0.231. The van der Waals surface area contributed by atoms with Crippen LogP contribution < -0.4 is 5.32 Å². The molecule has 0 saturated carbocycles. The Kier molecular flexibility index (Phi) is 8.63. The summed E-state index contributed by atoms with van der Waals surface area (Å²) in [7, 11) is -4.03. The maximum absolute atomic E-state index is 12.9. The van der Waals surface area contributed by atoms with Crippen molar-refractivity contribution >= 4 is 19.4 Å². The first-order valence-electron chi connectivity index (χ1n) is 10.9. The summed E-state index contributed by atoms with van der Waals surface area (Å²) in [4.78, 5) is 34.4. The van der Waals surface area contributed by atoms with E-state index < -0.39 is 37.3 Å². The second-order valence-electron chi connectivity index (χ2n) is 8.12.